The third-order valence-corrected chi connectivity index (χ3v) is 2.57. The number of nitrogens with one attached hydrogen (secondary N) is 1. The van der Waals surface area contributed by atoms with Crippen molar-refractivity contribution in [1.82, 2.24) is 9.90 Å². The second-order valence-electron chi connectivity index (χ2n) is 3.71. The lowest BCUT2D eigenvalue weighted by molar-refractivity contribution is 0.174. The maximum absolute atomic E-state index is 6.82. The van der Waals surface area contributed by atoms with E-state index in [4.69, 9.17) is 15.0 Å². The fourth-order valence-electron chi connectivity index (χ4n) is 1.86. The van der Waals surface area contributed by atoms with E-state index in [0.29, 0.717) is 17.2 Å². The fourth-order valence-corrected chi connectivity index (χ4v) is 1.86. The number of nitrogens with zero attached hydrogens (tertiary/aromatic N) is 3. The summed E-state index contributed by atoms with van der Waals surface area (Å²) in [6.45, 7) is 2.09. The van der Waals surface area contributed by atoms with E-state index >= 15 is 0 Å². The van der Waals surface area contributed by atoms with E-state index in [2.05, 4.69) is 15.0 Å². The van der Waals surface area contributed by atoms with Crippen molar-refractivity contribution in [3.63, 3.8) is 0 Å². The molecule has 17 heavy (non-hydrogen) atoms. The van der Waals surface area contributed by atoms with Gasteiger partial charge in [0.05, 0.1) is 5.52 Å². The highest BCUT2D eigenvalue weighted by molar-refractivity contribution is 5.92. The number of hydrogen-bond acceptors (Lipinski definition) is 5. The normalized spacial score (nSPS) is 12.5. The molecule has 1 aliphatic heterocycles. The molecule has 0 radical (unpaired) electrons. The molecule has 2 heterocycles. The van der Waals surface area contributed by atoms with Crippen LogP contribution in [-0.2, 0) is 0 Å². The Kier molecular flexibility index (Phi) is 2.03. The smallest absolute Gasteiger partial charge is 0.231 e. The first kappa shape index (κ1) is 9.74. The van der Waals surface area contributed by atoms with E-state index in [1.165, 1.54) is 0 Å². The summed E-state index contributed by atoms with van der Waals surface area (Å²) in [6, 6.07) is 5.41. The standard InChI is InChI=1S/C11H9N4O2/c1-6-2-9(14-15-12)7-3-10-11(17-5-16-10)4-8(7)13-6/h2-4,12H,5H2,1H3/q+1. The third kappa shape index (κ3) is 1.51. The minimum atomic E-state index is 0.222. The summed E-state index contributed by atoms with van der Waals surface area (Å²) in [4.78, 5) is 7.46. The van der Waals surface area contributed by atoms with Gasteiger partial charge in [0.1, 0.15) is 5.53 Å². The Labute approximate surface area is 96.4 Å². The highest BCUT2D eigenvalue weighted by atomic mass is 16.7. The van der Waals surface area contributed by atoms with Crippen LogP contribution in [0.4, 0.5) is 5.69 Å². The van der Waals surface area contributed by atoms with Crippen LogP contribution in [0, 0.1) is 12.5 Å². The minimum Gasteiger partial charge on any atom is -0.454 e. The summed E-state index contributed by atoms with van der Waals surface area (Å²) in [5, 5.41) is 4.58. The molecule has 0 bridgehead atoms. The second kappa shape index (κ2) is 3.54. The Morgan fingerprint density at radius 3 is 2.82 bits per heavy atom. The SMILES string of the molecule is Cc1cc(N=[N+]=N)c2cc3c(cc2n1)OCO3. The molecule has 6 heteroatoms. The molecular formula is C11H9N4O2+. The van der Waals surface area contributed by atoms with Crippen LogP contribution in [0.2, 0.25) is 0 Å². The molecule has 3 rings (SSSR count). The van der Waals surface area contributed by atoms with Gasteiger partial charge in [0.25, 0.3) is 0 Å². The number of aromatic nitrogens is 1. The second-order valence-corrected chi connectivity index (χ2v) is 3.71. The molecule has 84 valence electrons. The largest absolute Gasteiger partial charge is 0.454 e. The summed E-state index contributed by atoms with van der Waals surface area (Å²) in [5.74, 6) is 1.36. The molecule has 2 aromatic rings. The number of fused-ring (bicyclic) bond motifs is 2. The van der Waals surface area contributed by atoms with Crippen LogP contribution in [0.1, 0.15) is 5.69 Å². The Balaban J connectivity index is 2.37. The zero-order valence-corrected chi connectivity index (χ0v) is 9.10. The van der Waals surface area contributed by atoms with Gasteiger partial charge in [-0.2, -0.15) is 0 Å². The average Bonchev–Trinajstić information content (AvgIpc) is 2.73. The van der Waals surface area contributed by atoms with Crippen molar-refractivity contribution >= 4 is 16.6 Å². The lowest BCUT2D eigenvalue weighted by Crippen LogP contribution is -1.92. The molecule has 1 aromatic carbocycles. The van der Waals surface area contributed by atoms with Gasteiger partial charge in [0, 0.05) is 17.1 Å². The number of pyridine rings is 1. The number of benzene rings is 1. The van der Waals surface area contributed by atoms with Gasteiger partial charge in [-0.25, -0.2) is 0 Å². The van der Waals surface area contributed by atoms with Crippen molar-refractivity contribution < 1.29 is 9.47 Å². The van der Waals surface area contributed by atoms with Gasteiger partial charge >= 0.3 is 0 Å². The number of rotatable bonds is 1. The van der Waals surface area contributed by atoms with Gasteiger partial charge in [-0.1, -0.05) is 0 Å². The number of ether oxygens (including phenoxy) is 2. The van der Waals surface area contributed by atoms with E-state index in [1.54, 1.807) is 6.07 Å². The highest BCUT2D eigenvalue weighted by Crippen LogP contribution is 2.38. The van der Waals surface area contributed by atoms with Gasteiger partial charge in [-0.05, 0) is 19.1 Å². The zero-order valence-electron chi connectivity index (χ0n) is 9.10. The summed E-state index contributed by atoms with van der Waals surface area (Å²) >= 11 is 0. The number of hydrogen-bond donors (Lipinski definition) is 1. The monoisotopic (exact) mass is 229 g/mol. The lowest BCUT2D eigenvalue weighted by atomic mass is 10.1. The molecule has 0 saturated heterocycles. The molecule has 0 fully saturated rings. The van der Waals surface area contributed by atoms with Crippen molar-refractivity contribution in [2.75, 3.05) is 6.79 Å². The van der Waals surface area contributed by atoms with Crippen molar-refractivity contribution in [3.8, 4) is 11.5 Å². The first-order valence-corrected chi connectivity index (χ1v) is 5.06. The lowest BCUT2D eigenvalue weighted by Gasteiger charge is -2.02. The quantitative estimate of drug-likeness (QED) is 0.602. The maximum atomic E-state index is 6.82. The third-order valence-electron chi connectivity index (χ3n) is 2.57. The van der Waals surface area contributed by atoms with Crippen molar-refractivity contribution in [3.05, 3.63) is 23.9 Å². The van der Waals surface area contributed by atoms with Crippen molar-refractivity contribution in [2.24, 2.45) is 5.11 Å². The molecule has 0 atom stereocenters. The highest BCUT2D eigenvalue weighted by Gasteiger charge is 2.17. The molecule has 0 amide bonds. The van der Waals surface area contributed by atoms with Gasteiger partial charge in [0.15, 0.2) is 22.3 Å². The Morgan fingerprint density at radius 1 is 1.29 bits per heavy atom. The Morgan fingerprint density at radius 2 is 2.06 bits per heavy atom. The summed E-state index contributed by atoms with van der Waals surface area (Å²) in [6.07, 6.45) is 0. The molecule has 0 unspecified atom stereocenters. The van der Waals surface area contributed by atoms with Crippen LogP contribution < -0.4 is 14.4 Å². The molecule has 1 N–H and O–H groups in total. The average molecular weight is 229 g/mol. The van der Waals surface area contributed by atoms with E-state index in [0.717, 1.165) is 16.6 Å². The molecule has 0 spiro atoms. The van der Waals surface area contributed by atoms with E-state index in [-0.39, 0.29) is 6.79 Å². The minimum absolute atomic E-state index is 0.222. The van der Waals surface area contributed by atoms with Gasteiger partial charge in [0.2, 0.25) is 11.7 Å². The summed E-state index contributed by atoms with van der Waals surface area (Å²) in [7, 11) is 0. The summed E-state index contributed by atoms with van der Waals surface area (Å²) < 4.78 is 10.6. The Hall–Kier alpha value is -2.46. The molecule has 1 aliphatic rings. The van der Waals surface area contributed by atoms with E-state index in [9.17, 15) is 0 Å². The Bertz CT molecular complexity index is 662. The summed E-state index contributed by atoms with van der Waals surface area (Å²) in [5.41, 5.74) is 9.01. The molecule has 1 aromatic heterocycles. The molecule has 6 nitrogen and oxygen atoms in total. The maximum Gasteiger partial charge on any atom is 0.231 e. The molecule has 0 aliphatic carbocycles. The molecular weight excluding hydrogens is 220 g/mol. The first-order valence-electron chi connectivity index (χ1n) is 5.06. The van der Waals surface area contributed by atoms with Crippen LogP contribution in [-0.4, -0.2) is 11.8 Å². The van der Waals surface area contributed by atoms with E-state index in [1.807, 2.05) is 19.1 Å². The molecule has 0 saturated carbocycles. The van der Waals surface area contributed by atoms with Crippen LogP contribution in [0.5, 0.6) is 11.5 Å². The number of aryl methyl sites for hydroxylation is 1. The zero-order chi connectivity index (χ0) is 11.8. The van der Waals surface area contributed by atoms with Crippen LogP contribution in [0.25, 0.3) is 10.9 Å². The fraction of sp³-hybridized carbons (Fsp3) is 0.182. The van der Waals surface area contributed by atoms with Gasteiger partial charge in [-0.3, -0.25) is 4.98 Å². The van der Waals surface area contributed by atoms with Crippen LogP contribution in [0.15, 0.2) is 23.3 Å². The first-order chi connectivity index (χ1) is 8.28. The van der Waals surface area contributed by atoms with E-state index < -0.39 is 0 Å². The predicted octanol–water partition coefficient (Wildman–Crippen LogP) is 2.45. The topological polar surface area (TPSA) is 81.7 Å². The van der Waals surface area contributed by atoms with Crippen LogP contribution >= 0.6 is 0 Å². The van der Waals surface area contributed by atoms with Crippen molar-refractivity contribution in [2.45, 2.75) is 6.92 Å². The predicted molar refractivity (Wildman–Crippen MR) is 59.5 cm³/mol. The van der Waals surface area contributed by atoms with Crippen LogP contribution in [0.3, 0.4) is 0 Å². The van der Waals surface area contributed by atoms with Gasteiger partial charge in [-0.15, -0.1) is 0 Å². The van der Waals surface area contributed by atoms with Crippen molar-refractivity contribution in [1.29, 1.82) is 5.53 Å². The van der Waals surface area contributed by atoms with Gasteiger partial charge < -0.3 is 9.47 Å².